The minimum absolute atomic E-state index is 0.0985. The van der Waals surface area contributed by atoms with Gasteiger partial charge in [-0.1, -0.05) is 18.2 Å². The van der Waals surface area contributed by atoms with Crippen LogP contribution in [-0.2, 0) is 13.0 Å². The van der Waals surface area contributed by atoms with E-state index in [2.05, 4.69) is 22.8 Å². The Kier molecular flexibility index (Phi) is 4.90. The molecule has 0 saturated heterocycles. The van der Waals surface area contributed by atoms with Crippen molar-refractivity contribution in [1.29, 1.82) is 5.26 Å². The van der Waals surface area contributed by atoms with Crippen molar-refractivity contribution in [2.45, 2.75) is 32.9 Å². The van der Waals surface area contributed by atoms with Crippen molar-refractivity contribution in [3.8, 4) is 11.8 Å². The van der Waals surface area contributed by atoms with Crippen molar-refractivity contribution in [1.82, 2.24) is 10.6 Å². The predicted molar refractivity (Wildman–Crippen MR) is 95.3 cm³/mol. The average Bonchev–Trinajstić information content (AvgIpc) is 3.08. The van der Waals surface area contributed by atoms with Crippen molar-refractivity contribution < 1.29 is 9.53 Å². The van der Waals surface area contributed by atoms with E-state index in [1.165, 1.54) is 5.56 Å². The Hall–Kier alpha value is -3.00. The van der Waals surface area contributed by atoms with E-state index in [9.17, 15) is 4.79 Å². The zero-order valence-corrected chi connectivity index (χ0v) is 14.4. The molecule has 0 fully saturated rings. The lowest BCUT2D eigenvalue weighted by Crippen LogP contribution is -2.36. The number of hydrogen-bond acceptors (Lipinski definition) is 3. The molecule has 0 spiro atoms. The smallest absolute Gasteiger partial charge is 0.315 e. The molecular formula is C20H21N3O2. The lowest BCUT2D eigenvalue weighted by atomic mass is 10.0. The molecule has 5 nitrogen and oxygen atoms in total. The molecule has 2 N–H and O–H groups in total. The van der Waals surface area contributed by atoms with Crippen molar-refractivity contribution in [3.63, 3.8) is 0 Å². The van der Waals surface area contributed by atoms with Crippen LogP contribution in [0.5, 0.6) is 5.75 Å². The summed E-state index contributed by atoms with van der Waals surface area (Å²) in [7, 11) is 0. The van der Waals surface area contributed by atoms with Gasteiger partial charge in [0.15, 0.2) is 0 Å². The van der Waals surface area contributed by atoms with Crippen LogP contribution in [0.3, 0.4) is 0 Å². The molecule has 128 valence electrons. The van der Waals surface area contributed by atoms with E-state index in [0.29, 0.717) is 12.1 Å². The van der Waals surface area contributed by atoms with Crippen LogP contribution in [0, 0.1) is 18.3 Å². The maximum Gasteiger partial charge on any atom is 0.315 e. The van der Waals surface area contributed by atoms with Gasteiger partial charge < -0.3 is 15.4 Å². The number of carbonyl (C=O) groups excluding carboxylic acids is 1. The highest BCUT2D eigenvalue weighted by molar-refractivity contribution is 5.74. The number of benzene rings is 2. The molecule has 1 aliphatic rings. The molecule has 0 radical (unpaired) electrons. The first-order valence-corrected chi connectivity index (χ1v) is 8.36. The van der Waals surface area contributed by atoms with Crippen LogP contribution in [-0.4, -0.2) is 12.6 Å². The number of fused-ring (bicyclic) bond motifs is 1. The summed E-state index contributed by atoms with van der Waals surface area (Å²) >= 11 is 0. The van der Waals surface area contributed by atoms with Gasteiger partial charge in [-0.15, -0.1) is 0 Å². The van der Waals surface area contributed by atoms with Gasteiger partial charge in [0.05, 0.1) is 24.3 Å². The molecule has 0 aromatic heterocycles. The summed E-state index contributed by atoms with van der Waals surface area (Å²) in [6, 6.07) is 13.5. The zero-order chi connectivity index (χ0) is 17.8. The van der Waals surface area contributed by atoms with Gasteiger partial charge in [0.25, 0.3) is 0 Å². The summed E-state index contributed by atoms with van der Waals surface area (Å²) in [4.78, 5) is 12.1. The van der Waals surface area contributed by atoms with Crippen molar-refractivity contribution in [2.24, 2.45) is 0 Å². The number of urea groups is 1. The fourth-order valence-electron chi connectivity index (χ4n) is 2.89. The number of nitriles is 1. The zero-order valence-electron chi connectivity index (χ0n) is 14.4. The quantitative estimate of drug-likeness (QED) is 0.900. The molecule has 0 bridgehead atoms. The molecule has 3 rings (SSSR count). The molecule has 2 amide bonds. The van der Waals surface area contributed by atoms with E-state index in [0.717, 1.165) is 35.5 Å². The Balaban J connectivity index is 1.56. The lowest BCUT2D eigenvalue weighted by Gasteiger charge is -2.16. The van der Waals surface area contributed by atoms with Gasteiger partial charge >= 0.3 is 6.03 Å². The standard InChI is InChI=1S/C20H21N3O2/c1-13-3-4-15(9-18(13)11-21)12-22-20(24)23-14(2)16-5-6-19-17(10-16)7-8-25-19/h3-6,9-10,14H,7-8,12H2,1-2H3,(H2,22,23,24)/t14-/m0/s1. The van der Waals surface area contributed by atoms with Crippen molar-refractivity contribution >= 4 is 6.03 Å². The summed E-state index contributed by atoms with van der Waals surface area (Å²) in [5.74, 6) is 0.938. The van der Waals surface area contributed by atoms with Crippen LogP contribution >= 0.6 is 0 Å². The molecular weight excluding hydrogens is 314 g/mol. The number of rotatable bonds is 4. The molecule has 0 unspecified atom stereocenters. The normalized spacial score (nSPS) is 13.3. The molecule has 1 aliphatic heterocycles. The summed E-state index contributed by atoms with van der Waals surface area (Å²) < 4.78 is 5.51. The molecule has 2 aromatic rings. The minimum Gasteiger partial charge on any atom is -0.493 e. The molecule has 1 atom stereocenters. The predicted octanol–water partition coefficient (Wildman–Crippen LogP) is 3.36. The highest BCUT2D eigenvalue weighted by Crippen LogP contribution is 2.28. The number of aryl methyl sites for hydroxylation is 1. The molecule has 1 heterocycles. The van der Waals surface area contributed by atoms with Crippen molar-refractivity contribution in [2.75, 3.05) is 6.61 Å². The summed E-state index contributed by atoms with van der Waals surface area (Å²) in [6.45, 7) is 4.95. The van der Waals surface area contributed by atoms with E-state index in [4.69, 9.17) is 10.00 Å². The summed E-state index contributed by atoms with van der Waals surface area (Å²) in [6.07, 6.45) is 0.913. The van der Waals surface area contributed by atoms with Crippen LogP contribution in [0.15, 0.2) is 36.4 Å². The minimum atomic E-state index is -0.233. The summed E-state index contributed by atoms with van der Waals surface area (Å²) in [5, 5.41) is 14.9. The molecule has 0 saturated carbocycles. The van der Waals surface area contributed by atoms with Crippen LogP contribution in [0.4, 0.5) is 4.79 Å². The van der Waals surface area contributed by atoms with Crippen molar-refractivity contribution in [3.05, 3.63) is 64.2 Å². The van der Waals surface area contributed by atoms with Gasteiger partial charge in [-0.25, -0.2) is 4.79 Å². The number of hydrogen-bond donors (Lipinski definition) is 2. The SMILES string of the molecule is Cc1ccc(CNC(=O)N[C@@H](C)c2ccc3c(c2)CCO3)cc1C#N. The van der Waals surface area contributed by atoms with Crippen LogP contribution in [0.25, 0.3) is 0 Å². The molecule has 25 heavy (non-hydrogen) atoms. The highest BCUT2D eigenvalue weighted by atomic mass is 16.5. The van der Waals surface area contributed by atoms with Gasteiger partial charge in [0.2, 0.25) is 0 Å². The van der Waals surface area contributed by atoms with Gasteiger partial charge in [-0.05, 0) is 54.3 Å². The van der Waals surface area contributed by atoms with E-state index in [1.807, 2.05) is 38.1 Å². The Bertz CT molecular complexity index is 839. The van der Waals surface area contributed by atoms with Crippen LogP contribution < -0.4 is 15.4 Å². The third-order valence-corrected chi connectivity index (χ3v) is 4.44. The monoisotopic (exact) mass is 335 g/mol. The third kappa shape index (κ3) is 3.92. The number of nitrogens with one attached hydrogen (secondary N) is 2. The Morgan fingerprint density at radius 1 is 1.32 bits per heavy atom. The lowest BCUT2D eigenvalue weighted by molar-refractivity contribution is 0.237. The average molecular weight is 335 g/mol. The number of amides is 2. The number of carbonyl (C=O) groups is 1. The van der Waals surface area contributed by atoms with E-state index in [1.54, 1.807) is 6.07 Å². The van der Waals surface area contributed by atoms with E-state index >= 15 is 0 Å². The molecule has 0 aliphatic carbocycles. The molecule has 5 heteroatoms. The van der Waals surface area contributed by atoms with E-state index < -0.39 is 0 Å². The second kappa shape index (κ2) is 7.27. The first-order valence-electron chi connectivity index (χ1n) is 8.36. The van der Waals surface area contributed by atoms with Crippen LogP contribution in [0.2, 0.25) is 0 Å². The van der Waals surface area contributed by atoms with Gasteiger partial charge in [0.1, 0.15) is 5.75 Å². The maximum absolute atomic E-state index is 12.1. The molecule has 2 aromatic carbocycles. The Morgan fingerprint density at radius 2 is 2.16 bits per heavy atom. The summed E-state index contributed by atoms with van der Waals surface area (Å²) in [5.41, 5.74) is 4.72. The van der Waals surface area contributed by atoms with E-state index in [-0.39, 0.29) is 12.1 Å². The largest absolute Gasteiger partial charge is 0.493 e. The second-order valence-electron chi connectivity index (χ2n) is 6.28. The number of ether oxygens (including phenoxy) is 1. The maximum atomic E-state index is 12.1. The topological polar surface area (TPSA) is 74.2 Å². The number of nitrogens with zero attached hydrogens (tertiary/aromatic N) is 1. The third-order valence-electron chi connectivity index (χ3n) is 4.44. The highest BCUT2D eigenvalue weighted by Gasteiger charge is 2.15. The Labute approximate surface area is 147 Å². The fraction of sp³-hybridized carbons (Fsp3) is 0.300. The Morgan fingerprint density at radius 3 is 2.96 bits per heavy atom. The van der Waals surface area contributed by atoms with Gasteiger partial charge in [-0.3, -0.25) is 0 Å². The van der Waals surface area contributed by atoms with Gasteiger partial charge in [0, 0.05) is 13.0 Å². The first-order chi connectivity index (χ1) is 12.1. The van der Waals surface area contributed by atoms with Crippen LogP contribution in [0.1, 0.15) is 40.8 Å². The van der Waals surface area contributed by atoms with Gasteiger partial charge in [-0.2, -0.15) is 5.26 Å². The first kappa shape index (κ1) is 16.8. The second-order valence-corrected chi connectivity index (χ2v) is 6.28. The fourth-order valence-corrected chi connectivity index (χ4v) is 2.89.